The van der Waals surface area contributed by atoms with Crippen LogP contribution in [0.3, 0.4) is 0 Å². The van der Waals surface area contributed by atoms with Gasteiger partial charge in [-0.1, -0.05) is 24.3 Å². The Kier molecular flexibility index (Phi) is 4.45. The maximum Gasteiger partial charge on any atom is 0.122 e. The van der Waals surface area contributed by atoms with E-state index in [1.165, 1.54) is 11.1 Å². The molecule has 0 atom stereocenters. The molecule has 0 fully saturated rings. The van der Waals surface area contributed by atoms with Gasteiger partial charge in [0.25, 0.3) is 0 Å². The number of rotatable bonds is 5. The third-order valence-electron chi connectivity index (χ3n) is 3.19. The van der Waals surface area contributed by atoms with Crippen LogP contribution in [0.2, 0.25) is 0 Å². The van der Waals surface area contributed by atoms with Crippen molar-refractivity contribution in [2.24, 2.45) is 0 Å². The van der Waals surface area contributed by atoms with E-state index >= 15 is 0 Å². The summed E-state index contributed by atoms with van der Waals surface area (Å²) in [5, 5.41) is 0. The van der Waals surface area contributed by atoms with E-state index in [1.54, 1.807) is 14.2 Å². The molecule has 2 heteroatoms. The van der Waals surface area contributed by atoms with Crippen LogP contribution in [-0.4, -0.2) is 14.2 Å². The van der Waals surface area contributed by atoms with Gasteiger partial charge in [0.05, 0.1) is 14.2 Å². The molecule has 1 radical (unpaired) electrons. The smallest absolute Gasteiger partial charge is 0.122 e. The van der Waals surface area contributed by atoms with Crippen molar-refractivity contribution < 1.29 is 9.47 Å². The predicted molar refractivity (Wildman–Crippen MR) is 77.8 cm³/mol. The van der Waals surface area contributed by atoms with Crippen LogP contribution in [0.25, 0.3) is 0 Å². The maximum absolute atomic E-state index is 5.27. The Labute approximate surface area is 115 Å². The Morgan fingerprint density at radius 1 is 0.947 bits per heavy atom. The molecule has 2 nitrogen and oxygen atoms in total. The van der Waals surface area contributed by atoms with E-state index in [2.05, 4.69) is 37.6 Å². The molecular formula is C17H19O2. The standard InChI is InChI=1S/C17H19O2/c1-13-6-4-5-7-15(13)9-8-14-10-16(18-2)12-17(11-14)19-3/h4-8,10-12H,9H2,1-3H3. The van der Waals surface area contributed by atoms with Crippen molar-refractivity contribution in [3.8, 4) is 11.5 Å². The fraction of sp³-hybridized carbons (Fsp3) is 0.235. The largest absolute Gasteiger partial charge is 0.497 e. The first-order valence-electron chi connectivity index (χ1n) is 6.33. The lowest BCUT2D eigenvalue weighted by Crippen LogP contribution is -1.94. The first kappa shape index (κ1) is 13.5. The molecule has 0 amide bonds. The van der Waals surface area contributed by atoms with Gasteiger partial charge in [-0.2, -0.15) is 0 Å². The molecule has 0 aromatic heterocycles. The van der Waals surface area contributed by atoms with E-state index < -0.39 is 0 Å². The molecule has 0 aliphatic rings. The molecule has 0 bridgehead atoms. The lowest BCUT2D eigenvalue weighted by atomic mass is 10.0. The third-order valence-corrected chi connectivity index (χ3v) is 3.19. The molecule has 2 rings (SSSR count). The molecule has 99 valence electrons. The van der Waals surface area contributed by atoms with Gasteiger partial charge in [-0.15, -0.1) is 0 Å². The van der Waals surface area contributed by atoms with Crippen LogP contribution in [0, 0.1) is 13.3 Å². The molecule has 0 aliphatic carbocycles. The van der Waals surface area contributed by atoms with Crippen molar-refractivity contribution in [1.82, 2.24) is 0 Å². The van der Waals surface area contributed by atoms with Crippen molar-refractivity contribution in [3.63, 3.8) is 0 Å². The first-order valence-corrected chi connectivity index (χ1v) is 6.33. The zero-order valence-corrected chi connectivity index (χ0v) is 11.6. The second-order valence-corrected chi connectivity index (χ2v) is 4.48. The Morgan fingerprint density at radius 3 is 2.16 bits per heavy atom. The number of ether oxygens (including phenoxy) is 2. The highest BCUT2D eigenvalue weighted by atomic mass is 16.5. The summed E-state index contributed by atoms with van der Waals surface area (Å²) < 4.78 is 10.5. The summed E-state index contributed by atoms with van der Waals surface area (Å²) in [6.07, 6.45) is 3.09. The normalized spacial score (nSPS) is 10.3. The highest BCUT2D eigenvalue weighted by Gasteiger charge is 2.04. The SMILES string of the molecule is COc1cc([CH]Cc2ccccc2C)cc(OC)c1. The van der Waals surface area contributed by atoms with Gasteiger partial charge in [0.15, 0.2) is 0 Å². The Hall–Kier alpha value is -1.96. The van der Waals surface area contributed by atoms with Gasteiger partial charge in [0.1, 0.15) is 11.5 Å². The minimum Gasteiger partial charge on any atom is -0.497 e. The fourth-order valence-corrected chi connectivity index (χ4v) is 2.01. The van der Waals surface area contributed by atoms with Crippen LogP contribution in [0.5, 0.6) is 11.5 Å². The average Bonchev–Trinajstić information content (AvgIpc) is 2.46. The lowest BCUT2D eigenvalue weighted by molar-refractivity contribution is 0.394. The van der Waals surface area contributed by atoms with Crippen LogP contribution in [-0.2, 0) is 6.42 Å². The second-order valence-electron chi connectivity index (χ2n) is 4.48. The summed E-state index contributed by atoms with van der Waals surface area (Å²) in [6.45, 7) is 2.13. The Bertz CT molecular complexity index is 524. The number of aryl methyl sites for hydroxylation is 1. The molecule has 0 spiro atoms. The lowest BCUT2D eigenvalue weighted by Gasteiger charge is -2.09. The van der Waals surface area contributed by atoms with Crippen molar-refractivity contribution in [2.45, 2.75) is 13.3 Å². The van der Waals surface area contributed by atoms with E-state index in [-0.39, 0.29) is 0 Å². The first-order chi connectivity index (χ1) is 9.22. The Morgan fingerprint density at radius 2 is 1.58 bits per heavy atom. The zero-order valence-electron chi connectivity index (χ0n) is 11.6. The van der Waals surface area contributed by atoms with Crippen molar-refractivity contribution >= 4 is 0 Å². The average molecular weight is 255 g/mol. The van der Waals surface area contributed by atoms with Gasteiger partial charge in [-0.3, -0.25) is 0 Å². The van der Waals surface area contributed by atoms with Gasteiger partial charge >= 0.3 is 0 Å². The summed E-state index contributed by atoms with van der Waals surface area (Å²) >= 11 is 0. The minimum absolute atomic E-state index is 0.815. The van der Waals surface area contributed by atoms with Gasteiger partial charge in [0, 0.05) is 6.07 Å². The minimum atomic E-state index is 0.815. The highest BCUT2D eigenvalue weighted by molar-refractivity contribution is 5.42. The van der Waals surface area contributed by atoms with Crippen LogP contribution in [0.4, 0.5) is 0 Å². The second kappa shape index (κ2) is 6.28. The topological polar surface area (TPSA) is 18.5 Å². The van der Waals surface area contributed by atoms with Crippen LogP contribution >= 0.6 is 0 Å². The predicted octanol–water partition coefficient (Wildman–Crippen LogP) is 3.81. The number of benzene rings is 2. The quantitative estimate of drug-likeness (QED) is 0.809. The van der Waals surface area contributed by atoms with E-state index in [1.807, 2.05) is 18.2 Å². The van der Waals surface area contributed by atoms with E-state index in [0.717, 1.165) is 23.5 Å². The zero-order chi connectivity index (χ0) is 13.7. The monoisotopic (exact) mass is 255 g/mol. The van der Waals surface area contributed by atoms with Crippen LogP contribution in [0.15, 0.2) is 42.5 Å². The third kappa shape index (κ3) is 3.50. The summed E-state index contributed by atoms with van der Waals surface area (Å²) in [7, 11) is 3.33. The molecule has 0 heterocycles. The molecule has 0 saturated heterocycles. The summed E-state index contributed by atoms with van der Waals surface area (Å²) in [5.41, 5.74) is 3.76. The fourth-order valence-electron chi connectivity index (χ4n) is 2.01. The molecule has 2 aromatic carbocycles. The highest BCUT2D eigenvalue weighted by Crippen LogP contribution is 2.24. The summed E-state index contributed by atoms with van der Waals surface area (Å²) in [6, 6.07) is 14.3. The van der Waals surface area contributed by atoms with E-state index in [0.29, 0.717) is 0 Å². The van der Waals surface area contributed by atoms with Crippen molar-refractivity contribution in [2.75, 3.05) is 14.2 Å². The van der Waals surface area contributed by atoms with Crippen LogP contribution < -0.4 is 9.47 Å². The van der Waals surface area contributed by atoms with Gasteiger partial charge in [0.2, 0.25) is 0 Å². The number of hydrogen-bond donors (Lipinski definition) is 0. The Balaban J connectivity index is 2.13. The molecule has 0 saturated carbocycles. The molecule has 19 heavy (non-hydrogen) atoms. The van der Waals surface area contributed by atoms with Gasteiger partial charge in [-0.05, 0) is 48.6 Å². The maximum atomic E-state index is 5.27. The van der Waals surface area contributed by atoms with E-state index in [4.69, 9.17) is 9.47 Å². The number of methoxy groups -OCH3 is 2. The van der Waals surface area contributed by atoms with E-state index in [9.17, 15) is 0 Å². The molecular weight excluding hydrogens is 236 g/mol. The van der Waals surface area contributed by atoms with Crippen molar-refractivity contribution in [1.29, 1.82) is 0 Å². The van der Waals surface area contributed by atoms with Crippen molar-refractivity contribution in [3.05, 3.63) is 65.6 Å². The summed E-state index contributed by atoms with van der Waals surface area (Å²) in [5.74, 6) is 1.63. The molecule has 0 N–H and O–H groups in total. The summed E-state index contributed by atoms with van der Waals surface area (Å²) in [4.78, 5) is 0. The van der Waals surface area contributed by atoms with Gasteiger partial charge < -0.3 is 9.47 Å². The molecule has 2 aromatic rings. The molecule has 0 unspecified atom stereocenters. The van der Waals surface area contributed by atoms with Crippen LogP contribution in [0.1, 0.15) is 16.7 Å². The van der Waals surface area contributed by atoms with Gasteiger partial charge in [-0.25, -0.2) is 0 Å². The number of hydrogen-bond acceptors (Lipinski definition) is 2. The molecule has 0 aliphatic heterocycles.